The summed E-state index contributed by atoms with van der Waals surface area (Å²) in [4.78, 5) is 11.5. The maximum Gasteiger partial charge on any atom is 0.302 e. The Morgan fingerprint density at radius 2 is 1.68 bits per heavy atom. The van der Waals surface area contributed by atoms with Crippen LogP contribution in [0.1, 0.15) is 93.4 Å². The van der Waals surface area contributed by atoms with Crippen molar-refractivity contribution in [1.82, 2.24) is 0 Å². The van der Waals surface area contributed by atoms with Gasteiger partial charge in [-0.1, -0.05) is 65.8 Å². The lowest BCUT2D eigenvalue weighted by Crippen LogP contribution is -2.67. The van der Waals surface area contributed by atoms with E-state index in [1.54, 1.807) is 0 Å². The largest absolute Gasteiger partial charge is 0.462 e. The number of ether oxygens (including phenoxy) is 1. The lowest BCUT2D eigenvalue weighted by atomic mass is 9.43. The molecule has 0 aliphatic heterocycles. The van der Waals surface area contributed by atoms with Gasteiger partial charge < -0.3 is 14.9 Å². The first-order chi connectivity index (χ1) is 15.8. The molecule has 0 heterocycles. The van der Waals surface area contributed by atoms with Crippen LogP contribution in [0.5, 0.6) is 0 Å². The van der Waals surface area contributed by atoms with E-state index in [1.807, 2.05) is 12.2 Å². The van der Waals surface area contributed by atoms with Gasteiger partial charge in [-0.15, -0.1) is 0 Å². The standard InChI is InChI=1S/C30H48O4/c1-19(2)20(3)8-9-21(4)24-10-11-25-27(24,6)14-13-26-28(7)15-12-23(34-22(5)31)18-29(28,32)16-17-30(25,26)33/h8-9,16-17,19-21,23-26,32-33H,10-15,18H2,1-7H3/b9-8+/t20-,21+,23+,24+,25-,26-,27+,28+,29+,30-/m0/s1. The maximum absolute atomic E-state index is 12.3. The van der Waals surface area contributed by atoms with E-state index >= 15 is 0 Å². The monoisotopic (exact) mass is 472 g/mol. The van der Waals surface area contributed by atoms with Gasteiger partial charge >= 0.3 is 5.97 Å². The summed E-state index contributed by atoms with van der Waals surface area (Å²) in [7, 11) is 0. The Morgan fingerprint density at radius 1 is 0.971 bits per heavy atom. The zero-order valence-electron chi connectivity index (χ0n) is 22.5. The first kappa shape index (κ1) is 25.9. The Labute approximate surface area is 207 Å². The Balaban J connectivity index is 1.60. The molecule has 4 heteroatoms. The summed E-state index contributed by atoms with van der Waals surface area (Å²) in [5, 5.41) is 24.1. The van der Waals surface area contributed by atoms with Crippen LogP contribution < -0.4 is 0 Å². The first-order valence-electron chi connectivity index (χ1n) is 13.8. The van der Waals surface area contributed by atoms with E-state index in [1.165, 1.54) is 6.92 Å². The molecule has 0 unspecified atom stereocenters. The molecule has 2 N–H and O–H groups in total. The average molecular weight is 473 g/mol. The lowest BCUT2D eigenvalue weighted by molar-refractivity contribution is -0.223. The van der Waals surface area contributed by atoms with Crippen molar-refractivity contribution in [3.05, 3.63) is 24.3 Å². The molecule has 3 saturated carbocycles. The molecule has 4 nitrogen and oxygen atoms in total. The van der Waals surface area contributed by atoms with Crippen molar-refractivity contribution < 1.29 is 19.7 Å². The molecular formula is C30H48O4. The van der Waals surface area contributed by atoms with E-state index < -0.39 is 16.6 Å². The van der Waals surface area contributed by atoms with Gasteiger partial charge in [0.05, 0.1) is 11.2 Å². The van der Waals surface area contributed by atoms with E-state index in [-0.39, 0.29) is 29.3 Å². The van der Waals surface area contributed by atoms with Crippen molar-refractivity contribution >= 4 is 5.97 Å². The number of hydrogen-bond acceptors (Lipinski definition) is 4. The zero-order valence-corrected chi connectivity index (χ0v) is 22.5. The molecule has 34 heavy (non-hydrogen) atoms. The Morgan fingerprint density at radius 3 is 2.32 bits per heavy atom. The summed E-state index contributed by atoms with van der Waals surface area (Å²) < 4.78 is 5.49. The van der Waals surface area contributed by atoms with Crippen LogP contribution >= 0.6 is 0 Å². The number of aliphatic hydroxyl groups is 2. The molecule has 4 aliphatic rings. The zero-order chi connectivity index (χ0) is 25.1. The van der Waals surface area contributed by atoms with Crippen molar-refractivity contribution in [2.45, 2.75) is 111 Å². The summed E-state index contributed by atoms with van der Waals surface area (Å²) in [5.41, 5.74) is -2.24. The van der Waals surface area contributed by atoms with Crippen LogP contribution in [0, 0.1) is 46.3 Å². The van der Waals surface area contributed by atoms with Crippen LogP contribution in [0.15, 0.2) is 24.3 Å². The van der Waals surface area contributed by atoms with Crippen LogP contribution in [-0.2, 0) is 9.53 Å². The van der Waals surface area contributed by atoms with E-state index in [0.29, 0.717) is 30.1 Å². The van der Waals surface area contributed by atoms with E-state index in [4.69, 9.17) is 4.74 Å². The third kappa shape index (κ3) is 3.92. The van der Waals surface area contributed by atoms with Crippen LogP contribution in [0.3, 0.4) is 0 Å². The second kappa shape index (κ2) is 8.76. The number of hydrogen-bond donors (Lipinski definition) is 2. The van der Waals surface area contributed by atoms with Crippen molar-refractivity contribution in [3.8, 4) is 0 Å². The van der Waals surface area contributed by atoms with E-state index in [2.05, 4.69) is 53.7 Å². The summed E-state index contributed by atoms with van der Waals surface area (Å²) in [6, 6.07) is 0. The highest BCUT2D eigenvalue weighted by Crippen LogP contribution is 2.69. The number of rotatable bonds is 5. The van der Waals surface area contributed by atoms with Gasteiger partial charge in [-0.05, 0) is 73.5 Å². The molecule has 0 spiro atoms. The highest BCUT2D eigenvalue weighted by molar-refractivity contribution is 5.66. The topological polar surface area (TPSA) is 66.8 Å². The minimum atomic E-state index is -1.04. The molecule has 10 atom stereocenters. The lowest BCUT2D eigenvalue weighted by Gasteiger charge is -2.64. The number of esters is 1. The summed E-state index contributed by atoms with van der Waals surface area (Å²) >= 11 is 0. The molecule has 0 aromatic rings. The molecule has 0 radical (unpaired) electrons. The SMILES string of the molecule is CC(=O)O[C@@H]1CC[C@]2(C)[C@@H]3CC[C@]4(C)[C@@H]([C@H](C)/C=C/[C@H](C)C(C)C)CC[C@@H]4[C@@]3(O)C=C[C@@]2(O)C1. The van der Waals surface area contributed by atoms with E-state index in [0.717, 1.165) is 38.5 Å². The molecule has 4 rings (SSSR count). The molecule has 4 aliphatic carbocycles. The van der Waals surface area contributed by atoms with Gasteiger partial charge in [-0.25, -0.2) is 0 Å². The smallest absolute Gasteiger partial charge is 0.302 e. The van der Waals surface area contributed by atoms with Crippen LogP contribution in [-0.4, -0.2) is 33.5 Å². The van der Waals surface area contributed by atoms with Crippen LogP contribution in [0.2, 0.25) is 0 Å². The normalized spacial score (nSPS) is 47.7. The first-order valence-corrected chi connectivity index (χ1v) is 13.8. The van der Waals surface area contributed by atoms with Gasteiger partial charge in [0.25, 0.3) is 0 Å². The molecule has 0 saturated heterocycles. The Bertz CT molecular complexity index is 847. The van der Waals surface area contributed by atoms with E-state index in [9.17, 15) is 15.0 Å². The molecular weight excluding hydrogens is 424 g/mol. The maximum atomic E-state index is 12.3. The predicted octanol–water partition coefficient (Wildman–Crippen LogP) is 6.07. The van der Waals surface area contributed by atoms with Crippen molar-refractivity contribution in [3.63, 3.8) is 0 Å². The molecule has 3 fully saturated rings. The third-order valence-electron chi connectivity index (χ3n) is 11.1. The minimum absolute atomic E-state index is 0.0249. The summed E-state index contributed by atoms with van der Waals surface area (Å²) in [6.07, 6.45) is 14.6. The van der Waals surface area contributed by atoms with Crippen molar-refractivity contribution in [2.24, 2.45) is 46.3 Å². The molecule has 0 bridgehead atoms. The molecule has 192 valence electrons. The summed E-state index contributed by atoms with van der Waals surface area (Å²) in [5.74, 6) is 2.24. The van der Waals surface area contributed by atoms with Crippen LogP contribution in [0.25, 0.3) is 0 Å². The van der Waals surface area contributed by atoms with Gasteiger partial charge in [-0.2, -0.15) is 0 Å². The van der Waals surface area contributed by atoms with Crippen molar-refractivity contribution in [1.29, 1.82) is 0 Å². The fourth-order valence-corrected chi connectivity index (χ4v) is 8.64. The van der Waals surface area contributed by atoms with Gasteiger partial charge in [-0.3, -0.25) is 4.79 Å². The highest BCUT2D eigenvalue weighted by Gasteiger charge is 2.68. The minimum Gasteiger partial charge on any atom is -0.462 e. The summed E-state index contributed by atoms with van der Waals surface area (Å²) in [6.45, 7) is 15.3. The third-order valence-corrected chi connectivity index (χ3v) is 11.1. The number of fused-ring (bicyclic) bond motifs is 5. The Hall–Kier alpha value is -1.13. The fourth-order valence-electron chi connectivity index (χ4n) is 8.64. The number of allylic oxidation sites excluding steroid dienone is 2. The second-order valence-electron chi connectivity index (χ2n) is 13.2. The van der Waals surface area contributed by atoms with Crippen LogP contribution in [0.4, 0.5) is 0 Å². The predicted molar refractivity (Wildman–Crippen MR) is 136 cm³/mol. The average Bonchev–Trinajstić information content (AvgIpc) is 3.11. The van der Waals surface area contributed by atoms with Gasteiger partial charge in [0, 0.05) is 24.7 Å². The Kier molecular flexibility index (Phi) is 6.69. The van der Waals surface area contributed by atoms with Gasteiger partial charge in [0.2, 0.25) is 0 Å². The molecule has 0 amide bonds. The van der Waals surface area contributed by atoms with Crippen molar-refractivity contribution in [2.75, 3.05) is 0 Å². The number of carbonyl (C=O) groups excluding carboxylic acids is 1. The highest BCUT2D eigenvalue weighted by atomic mass is 16.5. The fraction of sp³-hybridized carbons (Fsp3) is 0.833. The van der Waals surface area contributed by atoms with Gasteiger partial charge in [0.1, 0.15) is 6.10 Å². The molecule has 0 aromatic carbocycles. The number of carbonyl (C=O) groups is 1. The van der Waals surface area contributed by atoms with Gasteiger partial charge in [0.15, 0.2) is 0 Å². The second-order valence-corrected chi connectivity index (χ2v) is 13.2. The molecule has 0 aromatic heterocycles. The quantitative estimate of drug-likeness (QED) is 0.377.